The molecule has 1 amide bonds. The molecule has 7 nitrogen and oxygen atoms in total. The molecule has 0 saturated carbocycles. The predicted molar refractivity (Wildman–Crippen MR) is 122 cm³/mol. The van der Waals surface area contributed by atoms with Crippen molar-refractivity contribution in [2.45, 2.75) is 51.4 Å². The summed E-state index contributed by atoms with van der Waals surface area (Å²) in [7, 11) is 0. The second kappa shape index (κ2) is 8.93. The van der Waals surface area contributed by atoms with Crippen molar-refractivity contribution in [2.24, 2.45) is 0 Å². The minimum atomic E-state index is -0.0678. The number of hydrogen-bond donors (Lipinski definition) is 2. The predicted octanol–water partition coefficient (Wildman–Crippen LogP) is 5.04. The fourth-order valence-electron chi connectivity index (χ4n) is 3.55. The van der Waals surface area contributed by atoms with E-state index in [0.717, 1.165) is 33.0 Å². The Morgan fingerprint density at radius 2 is 1.84 bits per heavy atom. The van der Waals surface area contributed by atoms with Crippen LogP contribution in [0, 0.1) is 27.7 Å². The van der Waals surface area contributed by atoms with Gasteiger partial charge in [0.15, 0.2) is 11.0 Å². The van der Waals surface area contributed by atoms with Gasteiger partial charge in [0.2, 0.25) is 11.8 Å². The molecule has 4 aromatic rings. The number of carbonyl (C=O) groups is 1. The molecular formula is C23H25N5O2S. The van der Waals surface area contributed by atoms with Crippen LogP contribution in [0.5, 0.6) is 0 Å². The Kier molecular flexibility index (Phi) is 6.08. The highest BCUT2D eigenvalue weighted by atomic mass is 32.2. The number of fused-ring (bicyclic) bond motifs is 1. The molecule has 31 heavy (non-hydrogen) atoms. The van der Waals surface area contributed by atoms with Gasteiger partial charge in [-0.1, -0.05) is 40.7 Å². The van der Waals surface area contributed by atoms with Crippen molar-refractivity contribution >= 4 is 34.4 Å². The van der Waals surface area contributed by atoms with Gasteiger partial charge in [-0.3, -0.25) is 4.79 Å². The minimum absolute atomic E-state index is 0.0678. The first-order valence-electron chi connectivity index (χ1n) is 10.2. The Labute approximate surface area is 185 Å². The van der Waals surface area contributed by atoms with Crippen LogP contribution in [-0.4, -0.2) is 26.0 Å². The SMILES string of the molecule is Cc1cc(C)c(NC(=O)CCc2nc(CSc3nc4ccc(C)cc4[nH]3)no2)c(C)c1. The van der Waals surface area contributed by atoms with Crippen molar-refractivity contribution in [1.29, 1.82) is 0 Å². The second-order valence-electron chi connectivity index (χ2n) is 7.78. The molecule has 0 aliphatic rings. The zero-order valence-electron chi connectivity index (χ0n) is 18.1. The Bertz CT molecular complexity index is 1220. The zero-order valence-corrected chi connectivity index (χ0v) is 18.9. The maximum Gasteiger partial charge on any atom is 0.227 e. The molecule has 0 saturated heterocycles. The molecule has 2 N–H and O–H groups in total. The van der Waals surface area contributed by atoms with E-state index in [1.54, 1.807) is 0 Å². The van der Waals surface area contributed by atoms with Crippen molar-refractivity contribution in [3.05, 3.63) is 64.3 Å². The Morgan fingerprint density at radius 3 is 2.61 bits per heavy atom. The Hall–Kier alpha value is -3.13. The van der Waals surface area contributed by atoms with Crippen LogP contribution < -0.4 is 5.32 Å². The van der Waals surface area contributed by atoms with Gasteiger partial charge in [0, 0.05) is 18.5 Å². The van der Waals surface area contributed by atoms with Crippen LogP contribution in [0.15, 0.2) is 40.0 Å². The van der Waals surface area contributed by atoms with Gasteiger partial charge in [-0.05, 0) is 56.5 Å². The van der Waals surface area contributed by atoms with E-state index in [-0.39, 0.29) is 12.3 Å². The highest BCUT2D eigenvalue weighted by Crippen LogP contribution is 2.24. The van der Waals surface area contributed by atoms with Gasteiger partial charge in [0.25, 0.3) is 0 Å². The number of nitrogens with one attached hydrogen (secondary N) is 2. The number of aromatic nitrogens is 4. The lowest BCUT2D eigenvalue weighted by molar-refractivity contribution is -0.116. The van der Waals surface area contributed by atoms with Crippen LogP contribution in [0.2, 0.25) is 0 Å². The Morgan fingerprint density at radius 1 is 1.06 bits per heavy atom. The summed E-state index contributed by atoms with van der Waals surface area (Å²) in [6, 6.07) is 10.2. The molecule has 4 rings (SSSR count). The number of aromatic amines is 1. The van der Waals surface area contributed by atoms with Crippen LogP contribution in [-0.2, 0) is 17.0 Å². The standard InChI is InChI=1S/C23H25N5O2S/c1-13-5-6-17-18(11-13)25-23(24-17)31-12-19-26-21(30-28-19)8-7-20(29)27-22-15(3)9-14(2)10-16(22)4/h5-6,9-11H,7-8,12H2,1-4H3,(H,24,25)(H,27,29). The molecule has 2 aromatic carbocycles. The molecule has 0 unspecified atom stereocenters. The molecule has 0 aliphatic heterocycles. The first kappa shape index (κ1) is 21.1. The number of thioether (sulfide) groups is 1. The van der Waals surface area contributed by atoms with E-state index in [9.17, 15) is 4.79 Å². The van der Waals surface area contributed by atoms with Gasteiger partial charge in [-0.2, -0.15) is 4.98 Å². The number of rotatable bonds is 7. The molecule has 0 aliphatic carbocycles. The average Bonchev–Trinajstić information content (AvgIpc) is 3.33. The van der Waals surface area contributed by atoms with E-state index in [1.807, 2.05) is 32.9 Å². The van der Waals surface area contributed by atoms with Crippen LogP contribution in [0.1, 0.15) is 40.4 Å². The lowest BCUT2D eigenvalue weighted by Crippen LogP contribution is -2.14. The smallest absolute Gasteiger partial charge is 0.227 e. The summed E-state index contributed by atoms with van der Waals surface area (Å²) in [5.74, 6) is 1.52. The summed E-state index contributed by atoms with van der Waals surface area (Å²) >= 11 is 1.52. The van der Waals surface area contributed by atoms with Crippen molar-refractivity contribution in [2.75, 3.05) is 5.32 Å². The molecule has 0 spiro atoms. The van der Waals surface area contributed by atoms with Crippen LogP contribution in [0.4, 0.5) is 5.69 Å². The number of imidazole rings is 1. The number of aryl methyl sites for hydroxylation is 5. The molecule has 8 heteroatoms. The van der Waals surface area contributed by atoms with Gasteiger partial charge in [-0.25, -0.2) is 4.98 Å². The number of nitrogens with zero attached hydrogens (tertiary/aromatic N) is 3. The van der Waals surface area contributed by atoms with E-state index in [4.69, 9.17) is 4.52 Å². The van der Waals surface area contributed by atoms with E-state index in [2.05, 4.69) is 50.5 Å². The van der Waals surface area contributed by atoms with Crippen LogP contribution in [0.3, 0.4) is 0 Å². The lowest BCUT2D eigenvalue weighted by atomic mass is 10.0. The van der Waals surface area contributed by atoms with Crippen molar-refractivity contribution in [1.82, 2.24) is 20.1 Å². The molecule has 2 heterocycles. The molecule has 0 radical (unpaired) electrons. The van der Waals surface area contributed by atoms with E-state index in [0.29, 0.717) is 23.9 Å². The maximum atomic E-state index is 12.4. The maximum absolute atomic E-state index is 12.4. The average molecular weight is 436 g/mol. The number of H-pyrrole nitrogens is 1. The Balaban J connectivity index is 1.30. The summed E-state index contributed by atoms with van der Waals surface area (Å²) in [6.45, 7) is 8.10. The summed E-state index contributed by atoms with van der Waals surface area (Å²) < 4.78 is 5.31. The quantitative estimate of drug-likeness (QED) is 0.395. The summed E-state index contributed by atoms with van der Waals surface area (Å²) in [6.07, 6.45) is 0.682. The zero-order chi connectivity index (χ0) is 22.0. The number of amides is 1. The summed E-state index contributed by atoms with van der Waals surface area (Å²) in [4.78, 5) is 24.6. The van der Waals surface area contributed by atoms with Gasteiger partial charge in [0.05, 0.1) is 16.8 Å². The van der Waals surface area contributed by atoms with Crippen molar-refractivity contribution in [3.8, 4) is 0 Å². The van der Waals surface area contributed by atoms with Crippen molar-refractivity contribution in [3.63, 3.8) is 0 Å². The normalized spacial score (nSPS) is 11.2. The van der Waals surface area contributed by atoms with Gasteiger partial charge < -0.3 is 14.8 Å². The molecule has 2 aromatic heterocycles. The van der Waals surface area contributed by atoms with Crippen molar-refractivity contribution < 1.29 is 9.32 Å². The third-order valence-corrected chi connectivity index (χ3v) is 5.84. The second-order valence-corrected chi connectivity index (χ2v) is 8.74. The highest BCUT2D eigenvalue weighted by molar-refractivity contribution is 7.98. The number of benzene rings is 2. The van der Waals surface area contributed by atoms with Gasteiger partial charge in [-0.15, -0.1) is 0 Å². The third kappa shape index (κ3) is 5.14. The minimum Gasteiger partial charge on any atom is -0.339 e. The monoisotopic (exact) mass is 435 g/mol. The van der Waals surface area contributed by atoms with E-state index < -0.39 is 0 Å². The molecule has 0 bridgehead atoms. The molecular weight excluding hydrogens is 410 g/mol. The summed E-state index contributed by atoms with van der Waals surface area (Å²) in [5.41, 5.74) is 7.31. The largest absolute Gasteiger partial charge is 0.339 e. The fraction of sp³-hybridized carbons (Fsp3) is 0.304. The number of hydrogen-bond acceptors (Lipinski definition) is 6. The van der Waals surface area contributed by atoms with Gasteiger partial charge in [0.1, 0.15) is 0 Å². The summed E-state index contributed by atoms with van der Waals surface area (Å²) in [5, 5.41) is 7.83. The topological polar surface area (TPSA) is 96.7 Å². The number of anilines is 1. The van der Waals surface area contributed by atoms with E-state index >= 15 is 0 Å². The van der Waals surface area contributed by atoms with Crippen LogP contribution in [0.25, 0.3) is 11.0 Å². The molecule has 160 valence electrons. The third-order valence-electron chi connectivity index (χ3n) is 4.97. The van der Waals surface area contributed by atoms with Gasteiger partial charge >= 0.3 is 0 Å². The molecule has 0 atom stereocenters. The number of carbonyl (C=O) groups excluding carboxylic acids is 1. The van der Waals surface area contributed by atoms with Crippen LogP contribution >= 0.6 is 11.8 Å². The molecule has 0 fully saturated rings. The first-order valence-corrected chi connectivity index (χ1v) is 11.1. The fourth-order valence-corrected chi connectivity index (χ4v) is 4.28. The highest BCUT2D eigenvalue weighted by Gasteiger charge is 2.13. The first-order chi connectivity index (χ1) is 14.9. The lowest BCUT2D eigenvalue weighted by Gasteiger charge is -2.12. The van der Waals surface area contributed by atoms with E-state index in [1.165, 1.54) is 22.9 Å².